The van der Waals surface area contributed by atoms with Crippen molar-refractivity contribution < 1.29 is 9.47 Å². The third kappa shape index (κ3) is 2.06. The third-order valence-electron chi connectivity index (χ3n) is 2.64. The fourth-order valence-corrected chi connectivity index (χ4v) is 1.83. The van der Waals surface area contributed by atoms with Crippen LogP contribution in [0.4, 0.5) is 0 Å². The number of benzene rings is 1. The van der Waals surface area contributed by atoms with Crippen molar-refractivity contribution >= 4 is 6.08 Å². The van der Waals surface area contributed by atoms with Crippen LogP contribution in [0.3, 0.4) is 0 Å². The molecule has 1 aromatic rings. The lowest BCUT2D eigenvalue weighted by Gasteiger charge is -2.28. The van der Waals surface area contributed by atoms with Gasteiger partial charge in [-0.3, -0.25) is 0 Å². The Bertz CT molecular complexity index is 431. The van der Waals surface area contributed by atoms with Gasteiger partial charge in [0.05, 0.1) is 6.61 Å². The molecule has 0 radical (unpaired) electrons. The molecular weight excluding hydrogens is 200 g/mol. The van der Waals surface area contributed by atoms with E-state index in [1.807, 2.05) is 26.8 Å². The molecular formula is C14H18O2. The summed E-state index contributed by atoms with van der Waals surface area (Å²) in [6, 6.07) is 4.09. The normalized spacial score (nSPS) is 16.5. The van der Waals surface area contributed by atoms with Gasteiger partial charge >= 0.3 is 0 Å². The van der Waals surface area contributed by atoms with Crippen LogP contribution in [-0.4, -0.2) is 12.2 Å². The summed E-state index contributed by atoms with van der Waals surface area (Å²) >= 11 is 0. The Morgan fingerprint density at radius 2 is 2.06 bits per heavy atom. The smallest absolute Gasteiger partial charge is 0.131 e. The maximum absolute atomic E-state index is 5.89. The summed E-state index contributed by atoms with van der Waals surface area (Å²) in [5.74, 6) is 1.81. The summed E-state index contributed by atoms with van der Waals surface area (Å²) in [5.41, 5.74) is 2.04. The van der Waals surface area contributed by atoms with Crippen LogP contribution in [0, 0.1) is 6.92 Å². The molecule has 2 rings (SSSR count). The summed E-state index contributed by atoms with van der Waals surface area (Å²) in [6.45, 7) is 8.82. The second-order valence-corrected chi connectivity index (χ2v) is 4.63. The summed E-state index contributed by atoms with van der Waals surface area (Å²) in [4.78, 5) is 0. The maximum atomic E-state index is 5.89. The van der Waals surface area contributed by atoms with Crippen LogP contribution in [0.2, 0.25) is 0 Å². The highest BCUT2D eigenvalue weighted by molar-refractivity contribution is 5.64. The van der Waals surface area contributed by atoms with Gasteiger partial charge in [0.1, 0.15) is 17.1 Å². The molecule has 1 aliphatic heterocycles. The van der Waals surface area contributed by atoms with Gasteiger partial charge in [-0.2, -0.15) is 0 Å². The fourth-order valence-electron chi connectivity index (χ4n) is 1.83. The Balaban J connectivity index is 2.42. The quantitative estimate of drug-likeness (QED) is 0.755. The van der Waals surface area contributed by atoms with E-state index >= 15 is 0 Å². The Morgan fingerprint density at radius 1 is 1.31 bits per heavy atom. The van der Waals surface area contributed by atoms with Crippen molar-refractivity contribution in [3.05, 3.63) is 29.3 Å². The second-order valence-electron chi connectivity index (χ2n) is 4.63. The van der Waals surface area contributed by atoms with Crippen LogP contribution in [-0.2, 0) is 0 Å². The number of fused-ring (bicyclic) bond motifs is 1. The van der Waals surface area contributed by atoms with Crippen molar-refractivity contribution in [3.63, 3.8) is 0 Å². The first-order valence-electron chi connectivity index (χ1n) is 5.67. The van der Waals surface area contributed by atoms with E-state index in [1.54, 1.807) is 0 Å². The van der Waals surface area contributed by atoms with E-state index in [0.717, 1.165) is 22.6 Å². The number of hydrogen-bond donors (Lipinski definition) is 0. The Hall–Kier alpha value is -1.44. The van der Waals surface area contributed by atoms with Crippen LogP contribution in [0.25, 0.3) is 6.08 Å². The van der Waals surface area contributed by atoms with E-state index < -0.39 is 0 Å². The van der Waals surface area contributed by atoms with Crippen LogP contribution in [0.15, 0.2) is 18.2 Å². The molecule has 0 atom stereocenters. The minimum Gasteiger partial charge on any atom is -0.493 e. The van der Waals surface area contributed by atoms with Crippen molar-refractivity contribution in [2.45, 2.75) is 33.3 Å². The van der Waals surface area contributed by atoms with Gasteiger partial charge in [-0.15, -0.1) is 0 Å². The Morgan fingerprint density at radius 3 is 2.75 bits per heavy atom. The lowest BCUT2D eigenvalue weighted by molar-refractivity contribution is 0.158. The lowest BCUT2D eigenvalue weighted by Crippen LogP contribution is -2.27. The van der Waals surface area contributed by atoms with Gasteiger partial charge in [0.25, 0.3) is 0 Å². The Kier molecular flexibility index (Phi) is 2.66. The largest absolute Gasteiger partial charge is 0.493 e. The molecule has 0 aliphatic carbocycles. The van der Waals surface area contributed by atoms with Gasteiger partial charge in [0.15, 0.2) is 0 Å². The van der Waals surface area contributed by atoms with Gasteiger partial charge in [0.2, 0.25) is 0 Å². The molecule has 1 aliphatic rings. The zero-order chi connectivity index (χ0) is 11.8. The number of aryl methyl sites for hydroxylation is 1. The van der Waals surface area contributed by atoms with Gasteiger partial charge in [-0.05, 0) is 45.4 Å². The number of hydrogen-bond acceptors (Lipinski definition) is 2. The van der Waals surface area contributed by atoms with Crippen LogP contribution in [0.5, 0.6) is 11.5 Å². The summed E-state index contributed by atoms with van der Waals surface area (Å²) in [7, 11) is 0. The molecule has 16 heavy (non-hydrogen) atoms. The molecule has 1 aromatic carbocycles. The predicted molar refractivity (Wildman–Crippen MR) is 66.1 cm³/mol. The van der Waals surface area contributed by atoms with Crippen molar-refractivity contribution in [3.8, 4) is 11.5 Å². The molecule has 0 spiro atoms. The monoisotopic (exact) mass is 218 g/mol. The van der Waals surface area contributed by atoms with Gasteiger partial charge in [-0.1, -0.05) is 6.08 Å². The fraction of sp³-hybridized carbons (Fsp3) is 0.429. The van der Waals surface area contributed by atoms with E-state index in [9.17, 15) is 0 Å². The van der Waals surface area contributed by atoms with Gasteiger partial charge in [0, 0.05) is 11.6 Å². The lowest BCUT2D eigenvalue weighted by atomic mass is 10.0. The molecule has 0 unspecified atom stereocenters. The third-order valence-corrected chi connectivity index (χ3v) is 2.64. The van der Waals surface area contributed by atoms with E-state index in [4.69, 9.17) is 9.47 Å². The van der Waals surface area contributed by atoms with E-state index in [-0.39, 0.29) is 5.60 Å². The second kappa shape index (κ2) is 3.85. The Labute approximate surface area is 96.9 Å². The molecule has 2 nitrogen and oxygen atoms in total. The molecule has 0 fully saturated rings. The molecule has 0 amide bonds. The van der Waals surface area contributed by atoms with Gasteiger partial charge in [-0.25, -0.2) is 0 Å². The SMILES string of the molecule is CCOc1cc2c(cc1C)C=CC(C)(C)O2. The summed E-state index contributed by atoms with van der Waals surface area (Å²) < 4.78 is 11.5. The highest BCUT2D eigenvalue weighted by Gasteiger charge is 2.22. The van der Waals surface area contributed by atoms with Crippen LogP contribution < -0.4 is 9.47 Å². The standard InChI is InChI=1S/C14H18O2/c1-5-15-12-9-13-11(8-10(12)2)6-7-14(3,4)16-13/h6-9H,5H2,1-4H3. The van der Waals surface area contributed by atoms with Gasteiger partial charge < -0.3 is 9.47 Å². The van der Waals surface area contributed by atoms with Crippen molar-refractivity contribution in [2.24, 2.45) is 0 Å². The zero-order valence-electron chi connectivity index (χ0n) is 10.3. The van der Waals surface area contributed by atoms with Crippen LogP contribution in [0.1, 0.15) is 31.9 Å². The number of ether oxygens (including phenoxy) is 2. The summed E-state index contributed by atoms with van der Waals surface area (Å²) in [6.07, 6.45) is 4.19. The van der Waals surface area contributed by atoms with Crippen molar-refractivity contribution in [2.75, 3.05) is 6.61 Å². The first-order valence-corrected chi connectivity index (χ1v) is 5.67. The van der Waals surface area contributed by atoms with Crippen molar-refractivity contribution in [1.29, 1.82) is 0 Å². The highest BCUT2D eigenvalue weighted by Crippen LogP contribution is 2.35. The summed E-state index contributed by atoms with van der Waals surface area (Å²) in [5, 5.41) is 0. The molecule has 0 N–H and O–H groups in total. The van der Waals surface area contributed by atoms with E-state index in [0.29, 0.717) is 6.61 Å². The average Bonchev–Trinajstić information content (AvgIpc) is 2.19. The van der Waals surface area contributed by atoms with E-state index in [1.165, 1.54) is 0 Å². The molecule has 0 aromatic heterocycles. The van der Waals surface area contributed by atoms with Crippen LogP contribution >= 0.6 is 0 Å². The average molecular weight is 218 g/mol. The topological polar surface area (TPSA) is 18.5 Å². The maximum Gasteiger partial charge on any atom is 0.131 e. The highest BCUT2D eigenvalue weighted by atomic mass is 16.5. The minimum atomic E-state index is -0.230. The number of rotatable bonds is 2. The zero-order valence-corrected chi connectivity index (χ0v) is 10.3. The van der Waals surface area contributed by atoms with Crippen molar-refractivity contribution in [1.82, 2.24) is 0 Å². The molecule has 0 bridgehead atoms. The molecule has 0 saturated carbocycles. The molecule has 0 saturated heterocycles. The van der Waals surface area contributed by atoms with E-state index in [2.05, 4.69) is 25.1 Å². The molecule has 1 heterocycles. The molecule has 2 heteroatoms. The molecule has 86 valence electrons. The first-order chi connectivity index (χ1) is 7.52. The predicted octanol–water partition coefficient (Wildman–Crippen LogP) is 3.58. The first kappa shape index (κ1) is 11.1. The minimum absolute atomic E-state index is 0.230.